The third-order valence-corrected chi connectivity index (χ3v) is 3.36. The van der Waals surface area contributed by atoms with Crippen molar-refractivity contribution in [3.05, 3.63) is 29.8 Å². The number of nitrogens with two attached hydrogens (primary N) is 1. The van der Waals surface area contributed by atoms with E-state index in [0.29, 0.717) is 12.3 Å². The molecule has 4 heteroatoms. The highest BCUT2D eigenvalue weighted by Gasteiger charge is 2.24. The minimum atomic E-state index is -0.488. The van der Waals surface area contributed by atoms with E-state index in [9.17, 15) is 9.90 Å². The summed E-state index contributed by atoms with van der Waals surface area (Å²) in [5, 5.41) is 9.83. The van der Waals surface area contributed by atoms with Gasteiger partial charge in [0.15, 0.2) is 0 Å². The first-order chi connectivity index (χ1) is 8.84. The summed E-state index contributed by atoms with van der Waals surface area (Å²) < 4.78 is 0. The molecule has 0 radical (unpaired) electrons. The molecule has 2 atom stereocenters. The maximum absolute atomic E-state index is 12.2. The number of para-hydroxylation sites is 1. The van der Waals surface area contributed by atoms with Crippen LogP contribution in [-0.2, 0) is 4.79 Å². The van der Waals surface area contributed by atoms with Crippen molar-refractivity contribution in [1.29, 1.82) is 0 Å². The fraction of sp³-hybridized carbons (Fsp3) is 0.533. The summed E-state index contributed by atoms with van der Waals surface area (Å²) in [5.41, 5.74) is 6.65. The molecule has 0 fully saturated rings. The fourth-order valence-corrected chi connectivity index (χ4v) is 2.11. The summed E-state index contributed by atoms with van der Waals surface area (Å²) in [4.78, 5) is 13.8. The fourth-order valence-electron chi connectivity index (χ4n) is 2.11. The van der Waals surface area contributed by atoms with Crippen LogP contribution >= 0.6 is 0 Å². The molecule has 19 heavy (non-hydrogen) atoms. The van der Waals surface area contributed by atoms with E-state index in [2.05, 4.69) is 0 Å². The topological polar surface area (TPSA) is 66.6 Å². The van der Waals surface area contributed by atoms with Crippen LogP contribution in [0.15, 0.2) is 24.3 Å². The smallest absolute Gasteiger partial charge is 0.239 e. The van der Waals surface area contributed by atoms with Gasteiger partial charge in [0.25, 0.3) is 0 Å². The summed E-state index contributed by atoms with van der Waals surface area (Å²) in [7, 11) is 1.72. The molecule has 4 nitrogen and oxygen atoms in total. The lowest BCUT2D eigenvalue weighted by Crippen LogP contribution is -2.43. The molecule has 1 rings (SSSR count). The summed E-state index contributed by atoms with van der Waals surface area (Å²) in [6.07, 6.45) is 0.663. The molecular weight excluding hydrogens is 240 g/mol. The van der Waals surface area contributed by atoms with E-state index >= 15 is 0 Å². The van der Waals surface area contributed by atoms with Gasteiger partial charge in [0.2, 0.25) is 5.91 Å². The van der Waals surface area contributed by atoms with Gasteiger partial charge in [0.1, 0.15) is 5.75 Å². The van der Waals surface area contributed by atoms with E-state index in [-0.39, 0.29) is 17.7 Å². The first kappa shape index (κ1) is 15.5. The molecule has 1 aromatic carbocycles. The number of rotatable bonds is 5. The molecule has 0 spiro atoms. The monoisotopic (exact) mass is 264 g/mol. The van der Waals surface area contributed by atoms with Gasteiger partial charge in [0, 0.05) is 12.6 Å². The van der Waals surface area contributed by atoms with Gasteiger partial charge in [0.05, 0.1) is 12.1 Å². The molecule has 0 bridgehead atoms. The van der Waals surface area contributed by atoms with Gasteiger partial charge in [-0.1, -0.05) is 32.0 Å². The molecule has 0 saturated carbocycles. The molecule has 2 unspecified atom stereocenters. The molecule has 0 aliphatic heterocycles. The number of nitrogens with zero attached hydrogens (tertiary/aromatic N) is 1. The van der Waals surface area contributed by atoms with Gasteiger partial charge in [-0.15, -0.1) is 0 Å². The number of amides is 1. The lowest BCUT2D eigenvalue weighted by molar-refractivity contribution is -0.133. The third-order valence-electron chi connectivity index (χ3n) is 3.36. The molecule has 0 aromatic heterocycles. The van der Waals surface area contributed by atoms with Crippen LogP contribution in [0.4, 0.5) is 0 Å². The summed E-state index contributed by atoms with van der Waals surface area (Å²) >= 11 is 0. The SMILES string of the molecule is CC(C)CC(N)C(=O)N(C)C(C)c1ccccc1O. The maximum Gasteiger partial charge on any atom is 0.239 e. The number of carbonyl (C=O) groups is 1. The van der Waals surface area contributed by atoms with E-state index in [1.807, 2.05) is 32.9 Å². The maximum atomic E-state index is 12.2. The zero-order valence-corrected chi connectivity index (χ0v) is 12.1. The van der Waals surface area contributed by atoms with E-state index in [1.165, 1.54) is 0 Å². The number of carbonyl (C=O) groups excluding carboxylic acids is 1. The zero-order chi connectivity index (χ0) is 14.6. The Kier molecular flexibility index (Phi) is 5.36. The van der Waals surface area contributed by atoms with Crippen molar-refractivity contribution < 1.29 is 9.90 Å². The van der Waals surface area contributed by atoms with Crippen molar-refractivity contribution in [2.75, 3.05) is 7.05 Å². The molecule has 0 saturated heterocycles. The lowest BCUT2D eigenvalue weighted by atomic mass is 10.0. The van der Waals surface area contributed by atoms with Crippen molar-refractivity contribution in [3.63, 3.8) is 0 Å². The molecule has 1 amide bonds. The molecule has 1 aromatic rings. The Labute approximate surface area is 115 Å². The average molecular weight is 264 g/mol. The highest BCUT2D eigenvalue weighted by atomic mass is 16.3. The highest BCUT2D eigenvalue weighted by Crippen LogP contribution is 2.27. The Morgan fingerprint density at radius 3 is 2.42 bits per heavy atom. The first-order valence-corrected chi connectivity index (χ1v) is 6.64. The van der Waals surface area contributed by atoms with Crippen molar-refractivity contribution in [1.82, 2.24) is 4.90 Å². The number of hydrogen-bond acceptors (Lipinski definition) is 3. The minimum Gasteiger partial charge on any atom is -0.508 e. The van der Waals surface area contributed by atoms with Gasteiger partial charge in [-0.25, -0.2) is 0 Å². The van der Waals surface area contributed by atoms with Crippen LogP contribution in [0, 0.1) is 5.92 Å². The van der Waals surface area contributed by atoms with Crippen LogP contribution in [0.3, 0.4) is 0 Å². The van der Waals surface area contributed by atoms with Gasteiger partial charge in [-0.2, -0.15) is 0 Å². The summed E-state index contributed by atoms with van der Waals surface area (Å²) in [5.74, 6) is 0.490. The van der Waals surface area contributed by atoms with Gasteiger partial charge in [-0.05, 0) is 25.3 Å². The highest BCUT2D eigenvalue weighted by molar-refractivity contribution is 5.81. The van der Waals surface area contributed by atoms with Crippen LogP contribution in [0.2, 0.25) is 0 Å². The molecular formula is C15H24N2O2. The van der Waals surface area contributed by atoms with Crippen LogP contribution in [0.25, 0.3) is 0 Å². The van der Waals surface area contributed by atoms with Crippen LogP contribution in [0.1, 0.15) is 38.8 Å². The Hall–Kier alpha value is -1.55. The number of likely N-dealkylation sites (N-methyl/N-ethyl adjacent to an activating group) is 1. The molecule has 0 aliphatic rings. The second-order valence-corrected chi connectivity index (χ2v) is 5.42. The normalized spacial score (nSPS) is 14.2. The predicted octanol–water partition coefficient (Wildman–Crippen LogP) is 2.29. The van der Waals surface area contributed by atoms with Crippen molar-refractivity contribution in [2.45, 2.75) is 39.3 Å². The summed E-state index contributed by atoms with van der Waals surface area (Å²) in [6.45, 7) is 5.97. The second-order valence-electron chi connectivity index (χ2n) is 5.42. The third kappa shape index (κ3) is 3.96. The van der Waals surface area contributed by atoms with Gasteiger partial charge >= 0.3 is 0 Å². The van der Waals surface area contributed by atoms with E-state index < -0.39 is 6.04 Å². The van der Waals surface area contributed by atoms with Crippen molar-refractivity contribution >= 4 is 5.91 Å². The number of phenols is 1. The number of phenolic OH excluding ortho intramolecular Hbond substituents is 1. The second kappa shape index (κ2) is 6.57. The van der Waals surface area contributed by atoms with Gasteiger partial charge < -0.3 is 15.7 Å². The van der Waals surface area contributed by atoms with E-state index in [0.717, 1.165) is 5.56 Å². The van der Waals surface area contributed by atoms with Crippen LogP contribution in [-0.4, -0.2) is 29.0 Å². The lowest BCUT2D eigenvalue weighted by Gasteiger charge is -2.28. The Bertz CT molecular complexity index is 432. The predicted molar refractivity (Wildman–Crippen MR) is 76.7 cm³/mol. The number of benzene rings is 1. The largest absolute Gasteiger partial charge is 0.508 e. The number of hydrogen-bond donors (Lipinski definition) is 2. The molecule has 0 aliphatic carbocycles. The Morgan fingerprint density at radius 2 is 1.89 bits per heavy atom. The number of aromatic hydroxyl groups is 1. The zero-order valence-electron chi connectivity index (χ0n) is 12.1. The summed E-state index contributed by atoms with van der Waals surface area (Å²) in [6, 6.07) is 6.36. The van der Waals surface area contributed by atoms with E-state index in [1.54, 1.807) is 24.1 Å². The average Bonchev–Trinajstić information content (AvgIpc) is 2.36. The van der Waals surface area contributed by atoms with Crippen molar-refractivity contribution in [2.24, 2.45) is 11.7 Å². The Morgan fingerprint density at radius 1 is 1.32 bits per heavy atom. The van der Waals surface area contributed by atoms with Crippen LogP contribution < -0.4 is 5.73 Å². The van der Waals surface area contributed by atoms with Crippen molar-refractivity contribution in [3.8, 4) is 5.75 Å². The molecule has 3 N–H and O–H groups in total. The molecule has 0 heterocycles. The van der Waals surface area contributed by atoms with Gasteiger partial charge in [-0.3, -0.25) is 4.79 Å². The minimum absolute atomic E-state index is 0.0931. The standard InChI is InChI=1S/C15H24N2O2/c1-10(2)9-13(16)15(19)17(4)11(3)12-7-5-6-8-14(12)18/h5-8,10-11,13,18H,9,16H2,1-4H3. The first-order valence-electron chi connectivity index (χ1n) is 6.64. The Balaban J connectivity index is 2.80. The van der Waals surface area contributed by atoms with E-state index in [4.69, 9.17) is 5.73 Å². The van der Waals surface area contributed by atoms with Crippen LogP contribution in [0.5, 0.6) is 5.75 Å². The quantitative estimate of drug-likeness (QED) is 0.857. The molecule has 106 valence electrons.